The van der Waals surface area contributed by atoms with E-state index in [2.05, 4.69) is 11.4 Å². The van der Waals surface area contributed by atoms with Crippen LogP contribution >= 0.6 is 11.3 Å². The average molecular weight is 343 g/mol. The Balaban J connectivity index is 1.45. The minimum atomic E-state index is 0.0734. The van der Waals surface area contributed by atoms with Crippen LogP contribution in [0.15, 0.2) is 35.7 Å². The number of thiophene rings is 1. The Morgan fingerprint density at radius 1 is 1.17 bits per heavy atom. The van der Waals surface area contributed by atoms with Crippen LogP contribution in [0.3, 0.4) is 0 Å². The lowest BCUT2D eigenvalue weighted by Crippen LogP contribution is -2.35. The Hall–Kier alpha value is -2.14. The summed E-state index contributed by atoms with van der Waals surface area (Å²) in [6.45, 7) is 1.50. The zero-order valence-electron chi connectivity index (χ0n) is 13.8. The molecule has 0 N–H and O–H groups in total. The van der Waals surface area contributed by atoms with Crippen LogP contribution in [0.5, 0.6) is 5.75 Å². The fourth-order valence-corrected chi connectivity index (χ4v) is 3.83. The van der Waals surface area contributed by atoms with Gasteiger partial charge in [-0.25, -0.2) is 0 Å². The summed E-state index contributed by atoms with van der Waals surface area (Å²) in [6, 6.07) is 9.21. The summed E-state index contributed by atoms with van der Waals surface area (Å²) in [5, 5.41) is 2.09. The van der Waals surface area contributed by atoms with E-state index in [0.717, 1.165) is 18.7 Å². The number of ketones is 1. The van der Waals surface area contributed by atoms with Crippen molar-refractivity contribution in [2.24, 2.45) is 0 Å². The van der Waals surface area contributed by atoms with E-state index in [4.69, 9.17) is 4.74 Å². The standard InChI is InChI=1S/C19H21NO3S/c1-23-16-7-5-14(6-8-16)17(21)3-2-4-19(22)20-11-9-18-15(13-20)10-12-24-18/h5-8,10,12H,2-4,9,11,13H2,1H3. The van der Waals surface area contributed by atoms with Gasteiger partial charge in [-0.3, -0.25) is 9.59 Å². The zero-order valence-corrected chi connectivity index (χ0v) is 14.6. The summed E-state index contributed by atoms with van der Waals surface area (Å²) >= 11 is 1.77. The van der Waals surface area contributed by atoms with Gasteiger partial charge in [-0.1, -0.05) is 0 Å². The van der Waals surface area contributed by atoms with E-state index < -0.39 is 0 Å². The molecule has 1 aliphatic rings. The van der Waals surface area contributed by atoms with Crippen LogP contribution in [0.25, 0.3) is 0 Å². The summed E-state index contributed by atoms with van der Waals surface area (Å²) in [5.74, 6) is 0.957. The van der Waals surface area contributed by atoms with E-state index in [1.807, 2.05) is 4.90 Å². The highest BCUT2D eigenvalue weighted by molar-refractivity contribution is 7.10. The maximum atomic E-state index is 12.3. The smallest absolute Gasteiger partial charge is 0.222 e. The fourth-order valence-electron chi connectivity index (χ4n) is 2.94. The maximum Gasteiger partial charge on any atom is 0.222 e. The number of benzene rings is 1. The SMILES string of the molecule is COc1ccc(C(=O)CCCC(=O)N2CCc3sccc3C2)cc1. The molecule has 5 heteroatoms. The second-order valence-electron chi connectivity index (χ2n) is 5.94. The number of hydrogen-bond donors (Lipinski definition) is 0. The molecule has 0 atom stereocenters. The molecule has 2 aromatic rings. The second kappa shape index (κ2) is 7.62. The van der Waals surface area contributed by atoms with Gasteiger partial charge in [0.05, 0.1) is 7.11 Å². The molecule has 0 radical (unpaired) electrons. The first-order valence-corrected chi connectivity index (χ1v) is 9.05. The molecule has 1 amide bonds. The van der Waals surface area contributed by atoms with Crippen LogP contribution in [0.2, 0.25) is 0 Å². The highest BCUT2D eigenvalue weighted by atomic mass is 32.1. The summed E-state index contributed by atoms with van der Waals surface area (Å²) in [4.78, 5) is 27.8. The summed E-state index contributed by atoms with van der Waals surface area (Å²) < 4.78 is 5.09. The van der Waals surface area contributed by atoms with E-state index >= 15 is 0 Å². The first-order chi connectivity index (χ1) is 11.7. The Morgan fingerprint density at radius 2 is 1.96 bits per heavy atom. The first kappa shape index (κ1) is 16.7. The largest absolute Gasteiger partial charge is 0.497 e. The van der Waals surface area contributed by atoms with E-state index in [9.17, 15) is 9.59 Å². The van der Waals surface area contributed by atoms with Crippen LogP contribution in [0.4, 0.5) is 0 Å². The molecular formula is C19H21NO3S. The summed E-state index contributed by atoms with van der Waals surface area (Å²) in [6.07, 6.45) is 2.37. The number of amides is 1. The lowest BCUT2D eigenvalue weighted by atomic mass is 10.0. The molecule has 126 valence electrons. The number of rotatable bonds is 6. The third-order valence-electron chi connectivity index (χ3n) is 4.37. The van der Waals surface area contributed by atoms with Gasteiger partial charge in [0.1, 0.15) is 5.75 Å². The van der Waals surface area contributed by atoms with Gasteiger partial charge in [-0.2, -0.15) is 0 Å². The molecule has 1 aliphatic heterocycles. The van der Waals surface area contributed by atoms with Crippen molar-refractivity contribution < 1.29 is 14.3 Å². The Kier molecular flexibility index (Phi) is 5.30. The molecular weight excluding hydrogens is 322 g/mol. The van der Waals surface area contributed by atoms with E-state index in [1.165, 1.54) is 10.4 Å². The van der Waals surface area contributed by atoms with Gasteiger partial charge in [0.2, 0.25) is 5.91 Å². The first-order valence-electron chi connectivity index (χ1n) is 8.17. The minimum absolute atomic E-state index is 0.0734. The third-order valence-corrected chi connectivity index (χ3v) is 5.39. The van der Waals surface area contributed by atoms with Crippen LogP contribution in [-0.4, -0.2) is 30.2 Å². The average Bonchev–Trinajstić information content (AvgIpc) is 3.09. The van der Waals surface area contributed by atoms with Crippen molar-refractivity contribution in [3.63, 3.8) is 0 Å². The van der Waals surface area contributed by atoms with Gasteiger partial charge >= 0.3 is 0 Å². The molecule has 2 heterocycles. The third kappa shape index (κ3) is 3.85. The maximum absolute atomic E-state index is 12.3. The molecule has 1 aromatic heterocycles. The number of ether oxygens (including phenoxy) is 1. The summed E-state index contributed by atoms with van der Waals surface area (Å²) in [5.41, 5.74) is 1.94. The van der Waals surface area contributed by atoms with Gasteiger partial charge in [-0.05, 0) is 54.1 Å². The van der Waals surface area contributed by atoms with Crippen LogP contribution in [0.1, 0.15) is 40.1 Å². The number of fused-ring (bicyclic) bond motifs is 1. The molecule has 0 saturated carbocycles. The highest BCUT2D eigenvalue weighted by Crippen LogP contribution is 2.24. The van der Waals surface area contributed by atoms with Crippen molar-refractivity contribution in [2.75, 3.05) is 13.7 Å². The van der Waals surface area contributed by atoms with Crippen LogP contribution in [-0.2, 0) is 17.8 Å². The van der Waals surface area contributed by atoms with E-state index in [1.54, 1.807) is 42.7 Å². The molecule has 0 spiro atoms. The molecule has 0 bridgehead atoms. The molecule has 0 saturated heterocycles. The molecule has 0 aliphatic carbocycles. The van der Waals surface area contributed by atoms with Crippen molar-refractivity contribution >= 4 is 23.0 Å². The Morgan fingerprint density at radius 3 is 2.71 bits per heavy atom. The fraction of sp³-hybridized carbons (Fsp3) is 0.368. The minimum Gasteiger partial charge on any atom is -0.497 e. The van der Waals surface area contributed by atoms with Gasteiger partial charge in [0.25, 0.3) is 0 Å². The van der Waals surface area contributed by atoms with Gasteiger partial charge < -0.3 is 9.64 Å². The van der Waals surface area contributed by atoms with E-state index in [0.29, 0.717) is 31.4 Å². The molecule has 4 nitrogen and oxygen atoms in total. The summed E-state index contributed by atoms with van der Waals surface area (Å²) in [7, 11) is 1.60. The number of Topliss-reactive ketones (excluding diaryl/α,β-unsaturated/α-hetero) is 1. The van der Waals surface area contributed by atoms with Crippen LogP contribution in [0, 0.1) is 0 Å². The van der Waals surface area contributed by atoms with Crippen molar-refractivity contribution in [2.45, 2.75) is 32.2 Å². The predicted octanol–water partition coefficient (Wildman–Crippen LogP) is 3.69. The Bertz CT molecular complexity index is 720. The normalized spacial score (nSPS) is 13.5. The highest BCUT2D eigenvalue weighted by Gasteiger charge is 2.21. The van der Waals surface area contributed by atoms with Gasteiger partial charge in [0.15, 0.2) is 5.78 Å². The van der Waals surface area contributed by atoms with Crippen molar-refractivity contribution in [1.29, 1.82) is 0 Å². The quantitative estimate of drug-likeness (QED) is 0.752. The Labute approximate surface area is 146 Å². The number of hydrogen-bond acceptors (Lipinski definition) is 4. The molecule has 3 rings (SSSR count). The molecule has 1 aromatic carbocycles. The molecule has 24 heavy (non-hydrogen) atoms. The number of carbonyl (C=O) groups is 2. The topological polar surface area (TPSA) is 46.6 Å². The number of nitrogens with zero attached hydrogens (tertiary/aromatic N) is 1. The number of carbonyl (C=O) groups excluding carboxylic acids is 2. The van der Waals surface area contributed by atoms with Crippen molar-refractivity contribution in [3.8, 4) is 5.75 Å². The van der Waals surface area contributed by atoms with Gasteiger partial charge in [0, 0.05) is 36.4 Å². The predicted molar refractivity (Wildman–Crippen MR) is 94.6 cm³/mol. The lowest BCUT2D eigenvalue weighted by molar-refractivity contribution is -0.132. The molecule has 0 unspecified atom stereocenters. The second-order valence-corrected chi connectivity index (χ2v) is 6.94. The monoisotopic (exact) mass is 343 g/mol. The van der Waals surface area contributed by atoms with Crippen molar-refractivity contribution in [1.82, 2.24) is 4.90 Å². The number of methoxy groups -OCH3 is 1. The van der Waals surface area contributed by atoms with Crippen LogP contribution < -0.4 is 4.74 Å². The zero-order chi connectivity index (χ0) is 16.9. The molecule has 0 fully saturated rings. The lowest BCUT2D eigenvalue weighted by Gasteiger charge is -2.27. The van der Waals surface area contributed by atoms with Crippen molar-refractivity contribution in [3.05, 3.63) is 51.7 Å². The van der Waals surface area contributed by atoms with Gasteiger partial charge in [-0.15, -0.1) is 11.3 Å². The van der Waals surface area contributed by atoms with E-state index in [-0.39, 0.29) is 11.7 Å².